The van der Waals surface area contributed by atoms with Gasteiger partial charge in [-0.1, -0.05) is 0 Å². The number of fused-ring (bicyclic) bond motifs is 1. The fraction of sp³-hybridized carbons (Fsp3) is 0.364. The van der Waals surface area contributed by atoms with E-state index in [1.807, 2.05) is 6.07 Å². The number of H-pyrrole nitrogens is 1. The summed E-state index contributed by atoms with van der Waals surface area (Å²) in [4.78, 5) is 9.57. The van der Waals surface area contributed by atoms with Gasteiger partial charge in [0, 0.05) is 12.2 Å². The lowest BCUT2D eigenvalue weighted by atomic mass is 10.2. The van der Waals surface area contributed by atoms with Crippen molar-refractivity contribution in [3.63, 3.8) is 0 Å². The van der Waals surface area contributed by atoms with E-state index in [1.54, 1.807) is 6.33 Å². The van der Waals surface area contributed by atoms with Gasteiger partial charge >= 0.3 is 0 Å². The van der Waals surface area contributed by atoms with Crippen LogP contribution < -0.4 is 10.6 Å². The normalized spacial score (nSPS) is 21.4. The molecule has 0 spiro atoms. The van der Waals surface area contributed by atoms with Crippen LogP contribution >= 0.6 is 0 Å². The Kier molecular flexibility index (Phi) is 1.89. The predicted octanol–water partition coefficient (Wildman–Crippen LogP) is 1.45. The summed E-state index contributed by atoms with van der Waals surface area (Å²) < 4.78 is 0. The highest BCUT2D eigenvalue weighted by atomic mass is 15.2. The molecular formula is C11H14N4. The van der Waals surface area contributed by atoms with Crippen LogP contribution in [0.5, 0.6) is 0 Å². The molecule has 78 valence electrons. The highest BCUT2D eigenvalue weighted by Crippen LogP contribution is 2.25. The Labute approximate surface area is 88.1 Å². The minimum absolute atomic E-state index is 0.172. The van der Waals surface area contributed by atoms with Crippen molar-refractivity contribution >= 4 is 16.7 Å². The minimum atomic E-state index is 0.172. The quantitative estimate of drug-likeness (QED) is 0.735. The van der Waals surface area contributed by atoms with E-state index in [1.165, 1.54) is 12.1 Å². The molecule has 1 aromatic heterocycles. The van der Waals surface area contributed by atoms with E-state index in [0.29, 0.717) is 0 Å². The molecule has 2 heterocycles. The van der Waals surface area contributed by atoms with Gasteiger partial charge in [-0.3, -0.25) is 0 Å². The standard InChI is InChI=1S/C11H14N4/c12-11-2-1-5-15(11)8-3-4-9-10(6-8)14-7-13-9/h3-4,6-7,11H,1-2,5,12H2,(H,13,14)/t11-/m0/s1. The first-order chi connectivity index (χ1) is 7.34. The molecule has 0 aliphatic carbocycles. The SMILES string of the molecule is N[C@@H]1CCCN1c1ccc2nc[nH]c2c1. The van der Waals surface area contributed by atoms with Crippen LogP contribution in [-0.2, 0) is 0 Å². The molecule has 0 radical (unpaired) electrons. The van der Waals surface area contributed by atoms with Crippen molar-refractivity contribution < 1.29 is 0 Å². The molecule has 0 unspecified atom stereocenters. The van der Waals surface area contributed by atoms with Crippen LogP contribution in [0.4, 0.5) is 5.69 Å². The zero-order chi connectivity index (χ0) is 10.3. The molecule has 1 atom stereocenters. The molecule has 0 saturated carbocycles. The van der Waals surface area contributed by atoms with Gasteiger partial charge in [0.25, 0.3) is 0 Å². The molecule has 1 aliphatic rings. The Morgan fingerprint density at radius 2 is 2.40 bits per heavy atom. The maximum absolute atomic E-state index is 6.03. The summed E-state index contributed by atoms with van der Waals surface area (Å²) in [6, 6.07) is 6.24. The Hall–Kier alpha value is -1.55. The molecule has 0 bridgehead atoms. The first-order valence-corrected chi connectivity index (χ1v) is 5.30. The Balaban J connectivity index is 2.03. The van der Waals surface area contributed by atoms with Crippen LogP contribution in [0.15, 0.2) is 24.5 Å². The van der Waals surface area contributed by atoms with Crippen molar-refractivity contribution in [3.05, 3.63) is 24.5 Å². The number of anilines is 1. The van der Waals surface area contributed by atoms with Crippen LogP contribution in [0.3, 0.4) is 0 Å². The van der Waals surface area contributed by atoms with E-state index in [2.05, 4.69) is 27.0 Å². The highest BCUT2D eigenvalue weighted by molar-refractivity contribution is 5.79. The number of hydrogen-bond acceptors (Lipinski definition) is 3. The summed E-state index contributed by atoms with van der Waals surface area (Å²) in [5, 5.41) is 0. The molecule has 4 nitrogen and oxygen atoms in total. The Bertz CT molecular complexity index is 476. The highest BCUT2D eigenvalue weighted by Gasteiger charge is 2.20. The summed E-state index contributed by atoms with van der Waals surface area (Å²) in [7, 11) is 0. The second-order valence-electron chi connectivity index (χ2n) is 4.01. The first-order valence-electron chi connectivity index (χ1n) is 5.30. The van der Waals surface area contributed by atoms with Gasteiger partial charge in [0.05, 0.1) is 23.5 Å². The summed E-state index contributed by atoms with van der Waals surface area (Å²) in [6.07, 6.45) is 4.16. The molecule has 1 fully saturated rings. The lowest BCUT2D eigenvalue weighted by molar-refractivity contribution is 0.701. The topological polar surface area (TPSA) is 57.9 Å². The van der Waals surface area contributed by atoms with Gasteiger partial charge < -0.3 is 15.6 Å². The number of imidazole rings is 1. The zero-order valence-corrected chi connectivity index (χ0v) is 8.48. The van der Waals surface area contributed by atoms with Crippen LogP contribution in [0, 0.1) is 0 Å². The molecule has 1 aliphatic heterocycles. The Morgan fingerprint density at radius 3 is 3.20 bits per heavy atom. The zero-order valence-electron chi connectivity index (χ0n) is 8.48. The van der Waals surface area contributed by atoms with Crippen molar-refractivity contribution in [3.8, 4) is 0 Å². The maximum Gasteiger partial charge on any atom is 0.0931 e. The number of rotatable bonds is 1. The molecule has 3 rings (SSSR count). The molecule has 4 heteroatoms. The second-order valence-corrected chi connectivity index (χ2v) is 4.01. The number of hydrogen-bond donors (Lipinski definition) is 2. The van der Waals surface area contributed by atoms with Crippen molar-refractivity contribution in [2.75, 3.05) is 11.4 Å². The lowest BCUT2D eigenvalue weighted by Gasteiger charge is -2.23. The average Bonchev–Trinajstić information content (AvgIpc) is 2.84. The number of nitrogens with zero attached hydrogens (tertiary/aromatic N) is 2. The molecule has 0 amide bonds. The molecule has 15 heavy (non-hydrogen) atoms. The van der Waals surface area contributed by atoms with Crippen molar-refractivity contribution in [1.29, 1.82) is 0 Å². The van der Waals surface area contributed by atoms with Gasteiger partial charge in [0.2, 0.25) is 0 Å². The van der Waals surface area contributed by atoms with Gasteiger partial charge in [-0.2, -0.15) is 0 Å². The van der Waals surface area contributed by atoms with Crippen LogP contribution in [0.2, 0.25) is 0 Å². The molecular weight excluding hydrogens is 188 g/mol. The predicted molar refractivity (Wildman–Crippen MR) is 60.6 cm³/mol. The van der Waals surface area contributed by atoms with E-state index in [0.717, 1.165) is 24.0 Å². The first kappa shape index (κ1) is 8.73. The summed E-state index contributed by atoms with van der Waals surface area (Å²) in [5.74, 6) is 0. The average molecular weight is 202 g/mol. The largest absolute Gasteiger partial charge is 0.356 e. The number of nitrogens with two attached hydrogens (primary N) is 1. The number of aromatic nitrogens is 2. The van der Waals surface area contributed by atoms with E-state index in [4.69, 9.17) is 5.73 Å². The Morgan fingerprint density at radius 1 is 1.47 bits per heavy atom. The minimum Gasteiger partial charge on any atom is -0.356 e. The van der Waals surface area contributed by atoms with E-state index >= 15 is 0 Å². The fourth-order valence-corrected chi connectivity index (χ4v) is 2.22. The number of nitrogens with one attached hydrogen (secondary N) is 1. The van der Waals surface area contributed by atoms with Gasteiger partial charge in [-0.05, 0) is 31.0 Å². The van der Waals surface area contributed by atoms with E-state index in [9.17, 15) is 0 Å². The maximum atomic E-state index is 6.03. The van der Waals surface area contributed by atoms with E-state index < -0.39 is 0 Å². The summed E-state index contributed by atoms with van der Waals surface area (Å²) >= 11 is 0. The summed E-state index contributed by atoms with van der Waals surface area (Å²) in [5.41, 5.74) is 9.30. The van der Waals surface area contributed by atoms with Gasteiger partial charge in [-0.15, -0.1) is 0 Å². The molecule has 3 N–H and O–H groups in total. The van der Waals surface area contributed by atoms with Crippen molar-refractivity contribution in [2.24, 2.45) is 5.73 Å². The number of aromatic amines is 1. The van der Waals surface area contributed by atoms with E-state index in [-0.39, 0.29) is 6.17 Å². The van der Waals surface area contributed by atoms with Crippen LogP contribution in [0.25, 0.3) is 11.0 Å². The van der Waals surface area contributed by atoms with Crippen molar-refractivity contribution in [2.45, 2.75) is 19.0 Å². The third-order valence-electron chi connectivity index (χ3n) is 3.03. The smallest absolute Gasteiger partial charge is 0.0931 e. The van der Waals surface area contributed by atoms with Crippen molar-refractivity contribution in [1.82, 2.24) is 9.97 Å². The third-order valence-corrected chi connectivity index (χ3v) is 3.03. The third kappa shape index (κ3) is 1.37. The van der Waals surface area contributed by atoms with Gasteiger partial charge in [-0.25, -0.2) is 4.98 Å². The fourth-order valence-electron chi connectivity index (χ4n) is 2.22. The number of benzene rings is 1. The van der Waals surface area contributed by atoms with Crippen LogP contribution in [0.1, 0.15) is 12.8 Å². The molecule has 2 aromatic rings. The second kappa shape index (κ2) is 3.24. The van der Waals surface area contributed by atoms with Gasteiger partial charge in [0.15, 0.2) is 0 Å². The summed E-state index contributed by atoms with van der Waals surface area (Å²) in [6.45, 7) is 1.06. The van der Waals surface area contributed by atoms with Gasteiger partial charge in [0.1, 0.15) is 0 Å². The molecule has 1 aromatic carbocycles. The monoisotopic (exact) mass is 202 g/mol. The van der Waals surface area contributed by atoms with Crippen LogP contribution in [-0.4, -0.2) is 22.7 Å². The lowest BCUT2D eigenvalue weighted by Crippen LogP contribution is -2.36. The molecule has 1 saturated heterocycles.